The molecule has 6 heteroatoms. The van der Waals surface area contributed by atoms with E-state index in [0.717, 1.165) is 22.6 Å². The van der Waals surface area contributed by atoms with Crippen molar-refractivity contribution in [1.82, 2.24) is 0 Å². The first kappa shape index (κ1) is 12.1. The molecule has 3 nitrogen and oxygen atoms in total. The Balaban J connectivity index is 2.04. The number of hydrogen-bond donors (Lipinski definition) is 1. The van der Waals surface area contributed by atoms with E-state index in [-0.39, 0.29) is 0 Å². The van der Waals surface area contributed by atoms with Gasteiger partial charge in [0.2, 0.25) is 0 Å². The molecule has 92 valence electrons. The highest BCUT2D eigenvalue weighted by atomic mass is 32.2. The summed E-state index contributed by atoms with van der Waals surface area (Å²) in [6.07, 6.45) is 0. The van der Waals surface area contributed by atoms with E-state index in [0.29, 0.717) is 11.4 Å². The molecule has 0 spiro atoms. The van der Waals surface area contributed by atoms with Gasteiger partial charge in [-0.2, -0.15) is 20.1 Å². The maximum atomic E-state index is 10.8. The van der Waals surface area contributed by atoms with Crippen LogP contribution in [0.4, 0.5) is 0 Å². The van der Waals surface area contributed by atoms with Crippen molar-refractivity contribution in [1.29, 1.82) is 0 Å². The molecule has 0 fully saturated rings. The van der Waals surface area contributed by atoms with E-state index in [9.17, 15) is 5.11 Å². The lowest BCUT2D eigenvalue weighted by Crippen LogP contribution is -2.45. The van der Waals surface area contributed by atoms with Gasteiger partial charge < -0.3 is 5.11 Å². The van der Waals surface area contributed by atoms with Crippen LogP contribution in [0.2, 0.25) is 0 Å². The van der Waals surface area contributed by atoms with Crippen LogP contribution in [0, 0.1) is 0 Å². The van der Waals surface area contributed by atoms with Crippen LogP contribution in [0.5, 0.6) is 0 Å². The molecular weight excluding hydrogens is 284 g/mol. The normalized spacial score (nSPS) is 23.7. The molecule has 0 saturated heterocycles. The quantitative estimate of drug-likeness (QED) is 0.863. The smallest absolute Gasteiger partial charge is 0.149 e. The SMILES string of the molecule is CC1(O)C(c2ccsc2)=NSN=C1c1cccs1. The molecule has 1 N–H and O–H groups in total. The van der Waals surface area contributed by atoms with E-state index in [4.69, 9.17) is 0 Å². The van der Waals surface area contributed by atoms with E-state index < -0.39 is 5.60 Å². The van der Waals surface area contributed by atoms with Crippen LogP contribution < -0.4 is 0 Å². The fourth-order valence-electron chi connectivity index (χ4n) is 1.82. The second-order valence-electron chi connectivity index (χ2n) is 4.02. The van der Waals surface area contributed by atoms with Gasteiger partial charge in [-0.15, -0.1) is 11.3 Å². The standard InChI is InChI=1S/C12H10N2OS3/c1-12(15)10(8-4-6-16-7-8)13-18-14-11(12)9-3-2-5-17-9/h2-7,15H,1H3. The molecule has 0 amide bonds. The van der Waals surface area contributed by atoms with E-state index >= 15 is 0 Å². The van der Waals surface area contributed by atoms with Crippen molar-refractivity contribution < 1.29 is 5.11 Å². The number of thiophene rings is 2. The van der Waals surface area contributed by atoms with Gasteiger partial charge >= 0.3 is 0 Å². The van der Waals surface area contributed by atoms with Crippen molar-refractivity contribution in [3.05, 3.63) is 44.8 Å². The first-order valence-electron chi connectivity index (χ1n) is 5.31. The topological polar surface area (TPSA) is 45.0 Å². The Labute approximate surface area is 117 Å². The lowest BCUT2D eigenvalue weighted by atomic mass is 9.89. The van der Waals surface area contributed by atoms with Crippen molar-refractivity contribution in [2.75, 3.05) is 0 Å². The highest BCUT2D eigenvalue weighted by molar-refractivity contribution is 7.97. The highest BCUT2D eigenvalue weighted by Crippen LogP contribution is 2.31. The van der Waals surface area contributed by atoms with Gasteiger partial charge in [0, 0.05) is 5.56 Å². The van der Waals surface area contributed by atoms with Crippen molar-refractivity contribution in [3.63, 3.8) is 0 Å². The van der Waals surface area contributed by atoms with Crippen LogP contribution in [-0.2, 0) is 0 Å². The molecule has 3 heterocycles. The molecule has 0 saturated carbocycles. The van der Waals surface area contributed by atoms with Crippen LogP contribution in [0.25, 0.3) is 0 Å². The molecule has 0 radical (unpaired) electrons. The Morgan fingerprint density at radius 1 is 1.17 bits per heavy atom. The van der Waals surface area contributed by atoms with Gasteiger partial charge in [-0.1, -0.05) is 6.07 Å². The molecular formula is C12H10N2OS3. The molecule has 2 aromatic rings. The van der Waals surface area contributed by atoms with Crippen molar-refractivity contribution in [3.8, 4) is 0 Å². The van der Waals surface area contributed by atoms with Crippen molar-refractivity contribution >= 4 is 46.2 Å². The number of rotatable bonds is 2. The van der Waals surface area contributed by atoms with E-state index in [1.165, 1.54) is 0 Å². The largest absolute Gasteiger partial charge is 0.377 e. The van der Waals surface area contributed by atoms with Gasteiger partial charge in [-0.3, -0.25) is 0 Å². The number of aliphatic hydroxyl groups is 1. The zero-order valence-electron chi connectivity index (χ0n) is 9.53. The third kappa shape index (κ3) is 1.95. The maximum Gasteiger partial charge on any atom is 0.149 e. The van der Waals surface area contributed by atoms with Gasteiger partial charge in [-0.05, 0) is 35.2 Å². The van der Waals surface area contributed by atoms with Gasteiger partial charge in [0.05, 0.1) is 10.6 Å². The van der Waals surface area contributed by atoms with Gasteiger partial charge in [0.15, 0.2) is 0 Å². The summed E-state index contributed by atoms with van der Waals surface area (Å²) in [6, 6.07) is 5.89. The summed E-state index contributed by atoms with van der Waals surface area (Å²) in [7, 11) is 0. The van der Waals surface area contributed by atoms with Crippen LogP contribution >= 0.6 is 34.8 Å². The van der Waals surface area contributed by atoms with Crippen LogP contribution in [-0.4, -0.2) is 22.1 Å². The van der Waals surface area contributed by atoms with Crippen molar-refractivity contribution in [2.24, 2.45) is 8.80 Å². The van der Waals surface area contributed by atoms with E-state index in [1.54, 1.807) is 29.6 Å². The highest BCUT2D eigenvalue weighted by Gasteiger charge is 2.38. The Kier molecular flexibility index (Phi) is 3.11. The lowest BCUT2D eigenvalue weighted by molar-refractivity contribution is 0.205. The molecule has 1 atom stereocenters. The molecule has 1 aliphatic heterocycles. The summed E-state index contributed by atoms with van der Waals surface area (Å²) in [5, 5.41) is 16.7. The Morgan fingerprint density at radius 2 is 2.00 bits per heavy atom. The molecule has 1 unspecified atom stereocenters. The summed E-state index contributed by atoms with van der Waals surface area (Å²) < 4.78 is 8.59. The summed E-state index contributed by atoms with van der Waals surface area (Å²) in [5.74, 6) is 0. The molecule has 0 aromatic carbocycles. The molecule has 3 rings (SSSR count). The maximum absolute atomic E-state index is 10.8. The monoisotopic (exact) mass is 294 g/mol. The lowest BCUT2D eigenvalue weighted by Gasteiger charge is -2.28. The first-order valence-corrected chi connectivity index (χ1v) is 7.87. The van der Waals surface area contributed by atoms with E-state index in [1.807, 2.05) is 34.3 Å². The Hall–Kier alpha value is -0.950. The second-order valence-corrected chi connectivity index (χ2v) is 6.28. The number of hydrogen-bond acceptors (Lipinski definition) is 6. The van der Waals surface area contributed by atoms with Crippen LogP contribution in [0.3, 0.4) is 0 Å². The average molecular weight is 294 g/mol. The molecule has 1 aliphatic rings. The molecule has 2 aromatic heterocycles. The average Bonchev–Trinajstić information content (AvgIpc) is 3.01. The van der Waals surface area contributed by atoms with Crippen LogP contribution in [0.1, 0.15) is 17.4 Å². The minimum Gasteiger partial charge on any atom is -0.377 e. The summed E-state index contributed by atoms with van der Waals surface area (Å²) in [6.45, 7) is 1.75. The van der Waals surface area contributed by atoms with E-state index in [2.05, 4.69) is 8.80 Å². The van der Waals surface area contributed by atoms with Gasteiger partial charge in [0.25, 0.3) is 0 Å². The van der Waals surface area contributed by atoms with Crippen LogP contribution in [0.15, 0.2) is 43.1 Å². The van der Waals surface area contributed by atoms with Gasteiger partial charge in [0.1, 0.15) is 23.4 Å². The third-order valence-corrected chi connectivity index (χ3v) is 4.82. The predicted molar refractivity (Wildman–Crippen MR) is 79.9 cm³/mol. The zero-order valence-corrected chi connectivity index (χ0v) is 12.0. The Bertz CT molecular complexity index is 545. The van der Waals surface area contributed by atoms with Crippen molar-refractivity contribution in [2.45, 2.75) is 12.5 Å². The summed E-state index contributed by atoms with van der Waals surface area (Å²) in [5.41, 5.74) is 1.17. The summed E-state index contributed by atoms with van der Waals surface area (Å²) >= 11 is 4.31. The fraction of sp³-hybridized carbons (Fsp3) is 0.167. The summed E-state index contributed by atoms with van der Waals surface area (Å²) in [4.78, 5) is 0.982. The minimum absolute atomic E-state index is 0.673. The second kappa shape index (κ2) is 4.62. The molecule has 0 aliphatic carbocycles. The minimum atomic E-state index is -1.14. The third-order valence-electron chi connectivity index (χ3n) is 2.74. The zero-order chi connectivity index (χ0) is 12.6. The molecule has 18 heavy (non-hydrogen) atoms. The fourth-order valence-corrected chi connectivity index (χ4v) is 4.10. The Morgan fingerprint density at radius 3 is 2.67 bits per heavy atom. The number of nitrogens with zero attached hydrogens (tertiary/aromatic N) is 2. The predicted octanol–water partition coefficient (Wildman–Crippen LogP) is 3.42. The van der Waals surface area contributed by atoms with Gasteiger partial charge in [-0.25, -0.2) is 0 Å². The first-order chi connectivity index (χ1) is 8.69. The molecule has 0 bridgehead atoms.